The van der Waals surface area contributed by atoms with E-state index in [9.17, 15) is 0 Å². The second-order valence-corrected chi connectivity index (χ2v) is 5.11. The third-order valence-electron chi connectivity index (χ3n) is 2.44. The van der Waals surface area contributed by atoms with Gasteiger partial charge in [-0.1, -0.05) is 33.6 Å². The number of pyridine rings is 1. The molecule has 5 heteroatoms. The largest absolute Gasteiger partial charge is 0.439 e. The number of halogens is 2. The predicted molar refractivity (Wildman–Crippen MR) is 74.1 cm³/mol. The van der Waals surface area contributed by atoms with Gasteiger partial charge in [0.1, 0.15) is 5.75 Å². The number of nitrogens with zero attached hydrogens (tertiary/aromatic N) is 1. The van der Waals surface area contributed by atoms with Gasteiger partial charge in [0.05, 0.1) is 11.6 Å². The molecule has 0 aliphatic carbocycles. The molecule has 2 aromatic rings. The molecule has 0 aliphatic rings. The van der Waals surface area contributed by atoms with E-state index in [1.54, 1.807) is 6.07 Å². The number of hydrogen-bond donors (Lipinski definition) is 1. The highest BCUT2D eigenvalue weighted by atomic mass is 79.9. The number of aliphatic hydroxyl groups is 1. The SMILES string of the molecule is Cc1ccc(Br)cc1Oc1cc(CO)c(Cl)cn1. The minimum Gasteiger partial charge on any atom is -0.439 e. The lowest BCUT2D eigenvalue weighted by Gasteiger charge is -2.09. The Morgan fingerprint density at radius 3 is 2.89 bits per heavy atom. The quantitative estimate of drug-likeness (QED) is 0.922. The van der Waals surface area contributed by atoms with E-state index >= 15 is 0 Å². The number of rotatable bonds is 3. The molecule has 1 aromatic heterocycles. The molecule has 0 saturated heterocycles. The molecule has 1 aromatic carbocycles. The number of benzene rings is 1. The van der Waals surface area contributed by atoms with Gasteiger partial charge < -0.3 is 9.84 Å². The van der Waals surface area contributed by atoms with Crippen LogP contribution in [-0.4, -0.2) is 10.1 Å². The Balaban J connectivity index is 2.31. The Kier molecular flexibility index (Phi) is 4.22. The summed E-state index contributed by atoms with van der Waals surface area (Å²) in [5, 5.41) is 9.56. The van der Waals surface area contributed by atoms with Crippen LogP contribution < -0.4 is 4.74 Å². The lowest BCUT2D eigenvalue weighted by atomic mass is 10.2. The smallest absolute Gasteiger partial charge is 0.219 e. The Labute approximate surface area is 119 Å². The summed E-state index contributed by atoms with van der Waals surface area (Å²) >= 11 is 9.26. The summed E-state index contributed by atoms with van der Waals surface area (Å²) in [6.45, 7) is 1.81. The van der Waals surface area contributed by atoms with E-state index in [2.05, 4.69) is 20.9 Å². The zero-order valence-electron chi connectivity index (χ0n) is 9.65. The molecule has 0 aliphatic heterocycles. The summed E-state index contributed by atoms with van der Waals surface area (Å²) in [6.07, 6.45) is 1.47. The van der Waals surface area contributed by atoms with Crippen molar-refractivity contribution in [2.24, 2.45) is 0 Å². The number of aryl methyl sites for hydroxylation is 1. The average Bonchev–Trinajstić information content (AvgIpc) is 2.36. The van der Waals surface area contributed by atoms with E-state index in [1.807, 2.05) is 25.1 Å². The molecule has 0 radical (unpaired) electrons. The van der Waals surface area contributed by atoms with Crippen molar-refractivity contribution in [2.45, 2.75) is 13.5 Å². The number of hydrogen-bond acceptors (Lipinski definition) is 3. The minimum atomic E-state index is -0.144. The average molecular weight is 329 g/mol. The first-order valence-electron chi connectivity index (χ1n) is 5.29. The van der Waals surface area contributed by atoms with Crippen LogP contribution in [0.1, 0.15) is 11.1 Å². The number of aromatic nitrogens is 1. The van der Waals surface area contributed by atoms with Crippen LogP contribution in [0.2, 0.25) is 5.02 Å². The highest BCUT2D eigenvalue weighted by molar-refractivity contribution is 9.10. The molecule has 2 rings (SSSR count). The fraction of sp³-hybridized carbons (Fsp3) is 0.154. The summed E-state index contributed by atoms with van der Waals surface area (Å²) in [5.41, 5.74) is 1.59. The zero-order valence-corrected chi connectivity index (χ0v) is 12.0. The molecule has 0 amide bonds. The fourth-order valence-corrected chi connectivity index (χ4v) is 1.94. The summed E-state index contributed by atoms with van der Waals surface area (Å²) in [6, 6.07) is 7.38. The van der Waals surface area contributed by atoms with Crippen LogP contribution in [0, 0.1) is 6.92 Å². The van der Waals surface area contributed by atoms with Gasteiger partial charge in [-0.25, -0.2) is 4.98 Å². The molecule has 0 atom stereocenters. The molecule has 0 spiro atoms. The summed E-state index contributed by atoms with van der Waals surface area (Å²) in [4.78, 5) is 4.07. The minimum absolute atomic E-state index is 0.144. The van der Waals surface area contributed by atoms with Gasteiger partial charge in [0.25, 0.3) is 0 Å². The molecular weight excluding hydrogens is 318 g/mol. The zero-order chi connectivity index (χ0) is 13.1. The van der Waals surface area contributed by atoms with Crippen LogP contribution in [0.4, 0.5) is 0 Å². The van der Waals surface area contributed by atoms with Crippen molar-refractivity contribution >= 4 is 27.5 Å². The third-order valence-corrected chi connectivity index (χ3v) is 3.28. The fourth-order valence-electron chi connectivity index (χ4n) is 1.43. The van der Waals surface area contributed by atoms with E-state index < -0.39 is 0 Å². The summed E-state index contributed by atoms with van der Waals surface area (Å²) < 4.78 is 6.61. The molecular formula is C13H11BrClNO2. The molecule has 1 heterocycles. The van der Waals surface area contributed by atoms with E-state index in [-0.39, 0.29) is 6.61 Å². The third kappa shape index (κ3) is 3.02. The van der Waals surface area contributed by atoms with E-state index in [0.717, 1.165) is 10.0 Å². The lowest BCUT2D eigenvalue weighted by Crippen LogP contribution is -1.93. The maximum atomic E-state index is 9.13. The van der Waals surface area contributed by atoms with Gasteiger partial charge in [0.2, 0.25) is 5.88 Å². The maximum Gasteiger partial charge on any atom is 0.219 e. The Bertz CT molecular complexity index is 575. The van der Waals surface area contributed by atoms with Gasteiger partial charge in [-0.05, 0) is 24.6 Å². The van der Waals surface area contributed by atoms with Crippen molar-refractivity contribution in [3.05, 3.63) is 51.1 Å². The Hall–Kier alpha value is -1.10. The molecule has 0 bridgehead atoms. The first-order valence-corrected chi connectivity index (χ1v) is 6.46. The summed E-state index contributed by atoms with van der Waals surface area (Å²) in [7, 11) is 0. The highest BCUT2D eigenvalue weighted by Crippen LogP contribution is 2.28. The van der Waals surface area contributed by atoms with Crippen LogP contribution in [0.25, 0.3) is 0 Å². The molecule has 18 heavy (non-hydrogen) atoms. The van der Waals surface area contributed by atoms with Crippen molar-refractivity contribution in [3.8, 4) is 11.6 Å². The Morgan fingerprint density at radius 2 is 2.17 bits per heavy atom. The van der Waals surface area contributed by atoms with Crippen LogP contribution in [-0.2, 0) is 6.61 Å². The number of aliphatic hydroxyl groups excluding tert-OH is 1. The van der Waals surface area contributed by atoms with Gasteiger partial charge >= 0.3 is 0 Å². The standard InChI is InChI=1S/C13H11BrClNO2/c1-8-2-3-10(14)5-12(8)18-13-4-9(7-17)11(15)6-16-13/h2-6,17H,7H2,1H3. The molecule has 94 valence electrons. The first-order chi connectivity index (χ1) is 8.60. The van der Waals surface area contributed by atoms with Crippen molar-refractivity contribution in [3.63, 3.8) is 0 Å². The van der Waals surface area contributed by atoms with Crippen molar-refractivity contribution < 1.29 is 9.84 Å². The van der Waals surface area contributed by atoms with Gasteiger partial charge in [0.15, 0.2) is 0 Å². The van der Waals surface area contributed by atoms with Gasteiger partial charge in [-0.3, -0.25) is 0 Å². The van der Waals surface area contributed by atoms with Crippen molar-refractivity contribution in [1.29, 1.82) is 0 Å². The monoisotopic (exact) mass is 327 g/mol. The van der Waals surface area contributed by atoms with Crippen molar-refractivity contribution in [1.82, 2.24) is 4.98 Å². The topological polar surface area (TPSA) is 42.4 Å². The molecule has 1 N–H and O–H groups in total. The second-order valence-electron chi connectivity index (χ2n) is 3.78. The van der Waals surface area contributed by atoms with E-state index in [4.69, 9.17) is 21.4 Å². The van der Waals surface area contributed by atoms with E-state index in [0.29, 0.717) is 22.2 Å². The lowest BCUT2D eigenvalue weighted by molar-refractivity contribution is 0.281. The van der Waals surface area contributed by atoms with Crippen LogP contribution in [0.15, 0.2) is 34.9 Å². The Morgan fingerprint density at radius 1 is 1.39 bits per heavy atom. The molecule has 0 fully saturated rings. The highest BCUT2D eigenvalue weighted by Gasteiger charge is 2.06. The predicted octanol–water partition coefficient (Wildman–Crippen LogP) is 4.09. The molecule has 0 unspecified atom stereocenters. The van der Waals surface area contributed by atoms with Gasteiger partial charge in [0, 0.05) is 22.3 Å². The van der Waals surface area contributed by atoms with Crippen molar-refractivity contribution in [2.75, 3.05) is 0 Å². The number of ether oxygens (including phenoxy) is 1. The van der Waals surface area contributed by atoms with E-state index in [1.165, 1.54) is 6.20 Å². The van der Waals surface area contributed by atoms with Crippen LogP contribution >= 0.6 is 27.5 Å². The summed E-state index contributed by atoms with van der Waals surface area (Å²) in [5.74, 6) is 1.12. The van der Waals surface area contributed by atoms with Gasteiger partial charge in [-0.15, -0.1) is 0 Å². The van der Waals surface area contributed by atoms with Crippen LogP contribution in [0.3, 0.4) is 0 Å². The maximum absolute atomic E-state index is 9.13. The molecule has 0 saturated carbocycles. The normalized spacial score (nSPS) is 10.4. The van der Waals surface area contributed by atoms with Gasteiger partial charge in [-0.2, -0.15) is 0 Å². The molecule has 3 nitrogen and oxygen atoms in total. The van der Waals surface area contributed by atoms with Crippen LogP contribution in [0.5, 0.6) is 11.6 Å². The second kappa shape index (κ2) is 5.69. The first kappa shape index (κ1) is 13.3.